The lowest BCUT2D eigenvalue weighted by Crippen LogP contribution is -2.23. The first kappa shape index (κ1) is 12.7. The summed E-state index contributed by atoms with van der Waals surface area (Å²) in [5.41, 5.74) is 0.0938. The SMILES string of the molecule is CC(C)(C)n1cnnc1Cc1cccc(F)c1F. The van der Waals surface area contributed by atoms with Crippen LogP contribution < -0.4 is 0 Å². The van der Waals surface area contributed by atoms with Crippen LogP contribution in [0.15, 0.2) is 24.5 Å². The third kappa shape index (κ3) is 2.39. The summed E-state index contributed by atoms with van der Waals surface area (Å²) < 4.78 is 28.6. The highest BCUT2D eigenvalue weighted by Gasteiger charge is 2.19. The molecule has 0 unspecified atom stereocenters. The van der Waals surface area contributed by atoms with Gasteiger partial charge in [-0.05, 0) is 32.4 Å². The monoisotopic (exact) mass is 251 g/mol. The Balaban J connectivity index is 2.36. The summed E-state index contributed by atoms with van der Waals surface area (Å²) in [6.45, 7) is 6.01. The second-order valence-corrected chi connectivity index (χ2v) is 5.18. The molecule has 1 aromatic carbocycles. The van der Waals surface area contributed by atoms with Crippen LogP contribution in [-0.2, 0) is 12.0 Å². The van der Waals surface area contributed by atoms with Crippen LogP contribution in [0.3, 0.4) is 0 Å². The topological polar surface area (TPSA) is 30.7 Å². The lowest BCUT2D eigenvalue weighted by atomic mass is 10.1. The van der Waals surface area contributed by atoms with E-state index in [0.29, 0.717) is 5.82 Å². The molecule has 1 heterocycles. The molecule has 0 saturated carbocycles. The zero-order valence-electron chi connectivity index (χ0n) is 10.6. The molecule has 2 aromatic rings. The van der Waals surface area contributed by atoms with E-state index in [4.69, 9.17) is 0 Å². The van der Waals surface area contributed by atoms with Gasteiger partial charge < -0.3 is 4.57 Å². The Hall–Kier alpha value is -1.78. The normalized spacial score (nSPS) is 11.8. The highest BCUT2D eigenvalue weighted by Crippen LogP contribution is 2.19. The maximum absolute atomic E-state index is 13.6. The van der Waals surface area contributed by atoms with E-state index >= 15 is 0 Å². The predicted molar refractivity (Wildman–Crippen MR) is 64.2 cm³/mol. The van der Waals surface area contributed by atoms with Crippen LogP contribution in [0.25, 0.3) is 0 Å². The van der Waals surface area contributed by atoms with Crippen molar-refractivity contribution in [2.24, 2.45) is 0 Å². The molecule has 5 heteroatoms. The van der Waals surface area contributed by atoms with Crippen molar-refractivity contribution in [3.05, 3.63) is 47.5 Å². The third-order valence-corrected chi connectivity index (χ3v) is 2.72. The Morgan fingerprint density at radius 3 is 2.61 bits per heavy atom. The molecule has 0 fully saturated rings. The smallest absolute Gasteiger partial charge is 0.162 e. The van der Waals surface area contributed by atoms with Gasteiger partial charge in [0.15, 0.2) is 11.6 Å². The second kappa shape index (κ2) is 4.48. The van der Waals surface area contributed by atoms with Crippen LogP contribution in [0.4, 0.5) is 8.78 Å². The van der Waals surface area contributed by atoms with E-state index in [2.05, 4.69) is 10.2 Å². The largest absolute Gasteiger partial charge is 0.312 e. The lowest BCUT2D eigenvalue weighted by molar-refractivity contribution is 0.383. The third-order valence-electron chi connectivity index (χ3n) is 2.72. The molecule has 2 rings (SSSR count). The standard InChI is InChI=1S/C13H15F2N3/c1-13(2,3)18-8-16-17-11(18)7-9-5-4-6-10(14)12(9)15/h4-6,8H,7H2,1-3H3. The molecule has 0 aliphatic carbocycles. The minimum absolute atomic E-state index is 0.192. The first-order valence-corrected chi connectivity index (χ1v) is 5.72. The average molecular weight is 251 g/mol. The number of hydrogen-bond donors (Lipinski definition) is 0. The molecular formula is C13H15F2N3. The molecule has 0 N–H and O–H groups in total. The molecule has 0 aliphatic rings. The minimum atomic E-state index is -0.839. The van der Waals surface area contributed by atoms with Gasteiger partial charge in [-0.3, -0.25) is 0 Å². The van der Waals surface area contributed by atoms with Crippen LogP contribution in [0.1, 0.15) is 32.2 Å². The van der Waals surface area contributed by atoms with E-state index in [1.165, 1.54) is 6.07 Å². The molecule has 18 heavy (non-hydrogen) atoms. The molecule has 0 spiro atoms. The summed E-state index contributed by atoms with van der Waals surface area (Å²) in [5, 5.41) is 7.81. The summed E-state index contributed by atoms with van der Waals surface area (Å²) in [6, 6.07) is 4.15. The molecule has 0 radical (unpaired) electrons. The Morgan fingerprint density at radius 2 is 1.94 bits per heavy atom. The number of nitrogens with zero attached hydrogens (tertiary/aromatic N) is 3. The number of hydrogen-bond acceptors (Lipinski definition) is 2. The molecule has 0 bridgehead atoms. The van der Waals surface area contributed by atoms with E-state index < -0.39 is 11.6 Å². The van der Waals surface area contributed by atoms with E-state index in [1.807, 2.05) is 25.3 Å². The maximum Gasteiger partial charge on any atom is 0.162 e. The second-order valence-electron chi connectivity index (χ2n) is 5.18. The molecule has 1 aromatic heterocycles. The van der Waals surface area contributed by atoms with Crippen molar-refractivity contribution >= 4 is 0 Å². The summed E-state index contributed by atoms with van der Waals surface area (Å²) >= 11 is 0. The van der Waals surface area contributed by atoms with Crippen LogP contribution in [0, 0.1) is 11.6 Å². The van der Waals surface area contributed by atoms with Gasteiger partial charge in [0.1, 0.15) is 12.2 Å². The first-order valence-electron chi connectivity index (χ1n) is 5.72. The number of benzene rings is 1. The Labute approximate surface area is 104 Å². The summed E-state index contributed by atoms with van der Waals surface area (Å²) in [4.78, 5) is 0. The van der Waals surface area contributed by atoms with Crippen molar-refractivity contribution in [1.29, 1.82) is 0 Å². The maximum atomic E-state index is 13.6. The number of halogens is 2. The zero-order valence-corrected chi connectivity index (χ0v) is 10.6. The van der Waals surface area contributed by atoms with Crippen LogP contribution >= 0.6 is 0 Å². The fourth-order valence-electron chi connectivity index (χ4n) is 1.80. The van der Waals surface area contributed by atoms with E-state index in [-0.39, 0.29) is 17.5 Å². The number of aromatic nitrogens is 3. The van der Waals surface area contributed by atoms with Gasteiger partial charge in [0.2, 0.25) is 0 Å². The molecule has 96 valence electrons. The zero-order chi connectivity index (χ0) is 13.3. The van der Waals surface area contributed by atoms with Crippen molar-refractivity contribution in [3.8, 4) is 0 Å². The van der Waals surface area contributed by atoms with Crippen molar-refractivity contribution in [1.82, 2.24) is 14.8 Å². The molecule has 3 nitrogen and oxygen atoms in total. The fraction of sp³-hybridized carbons (Fsp3) is 0.385. The van der Waals surface area contributed by atoms with Crippen LogP contribution in [-0.4, -0.2) is 14.8 Å². The summed E-state index contributed by atoms with van der Waals surface area (Å²) in [7, 11) is 0. The predicted octanol–water partition coefficient (Wildman–Crippen LogP) is 2.90. The molecule has 0 saturated heterocycles. The Morgan fingerprint density at radius 1 is 1.22 bits per heavy atom. The van der Waals surface area contributed by atoms with Gasteiger partial charge in [-0.1, -0.05) is 12.1 Å². The Kier molecular flexibility index (Phi) is 3.15. The first-order chi connectivity index (χ1) is 8.39. The Bertz CT molecular complexity index is 556. The quantitative estimate of drug-likeness (QED) is 0.821. The van der Waals surface area contributed by atoms with Gasteiger partial charge in [0, 0.05) is 12.0 Å². The molecular weight excluding hydrogens is 236 g/mol. The lowest BCUT2D eigenvalue weighted by Gasteiger charge is -2.22. The van der Waals surface area contributed by atoms with E-state index in [9.17, 15) is 8.78 Å². The molecule has 0 amide bonds. The highest BCUT2D eigenvalue weighted by atomic mass is 19.2. The number of rotatable bonds is 2. The highest BCUT2D eigenvalue weighted by molar-refractivity contribution is 5.22. The van der Waals surface area contributed by atoms with Crippen molar-refractivity contribution in [3.63, 3.8) is 0 Å². The van der Waals surface area contributed by atoms with Crippen LogP contribution in [0.2, 0.25) is 0 Å². The van der Waals surface area contributed by atoms with E-state index in [0.717, 1.165) is 6.07 Å². The van der Waals surface area contributed by atoms with Gasteiger partial charge in [-0.25, -0.2) is 8.78 Å². The molecule has 0 aliphatic heterocycles. The molecule has 0 atom stereocenters. The van der Waals surface area contributed by atoms with Gasteiger partial charge in [-0.2, -0.15) is 0 Å². The van der Waals surface area contributed by atoms with Gasteiger partial charge >= 0.3 is 0 Å². The summed E-state index contributed by atoms with van der Waals surface area (Å²) in [5.74, 6) is -1.04. The van der Waals surface area contributed by atoms with Crippen molar-refractivity contribution in [2.45, 2.75) is 32.7 Å². The minimum Gasteiger partial charge on any atom is -0.312 e. The van der Waals surface area contributed by atoms with Gasteiger partial charge in [-0.15, -0.1) is 10.2 Å². The average Bonchev–Trinajstić information content (AvgIpc) is 2.72. The fourth-order valence-corrected chi connectivity index (χ4v) is 1.80. The van der Waals surface area contributed by atoms with Crippen molar-refractivity contribution in [2.75, 3.05) is 0 Å². The van der Waals surface area contributed by atoms with Crippen molar-refractivity contribution < 1.29 is 8.78 Å². The summed E-state index contributed by atoms with van der Waals surface area (Å²) in [6.07, 6.45) is 1.83. The van der Waals surface area contributed by atoms with Gasteiger partial charge in [0.05, 0.1) is 0 Å². The van der Waals surface area contributed by atoms with Crippen LogP contribution in [0.5, 0.6) is 0 Å². The van der Waals surface area contributed by atoms with Gasteiger partial charge in [0.25, 0.3) is 0 Å². The van der Waals surface area contributed by atoms with E-state index in [1.54, 1.807) is 12.4 Å².